The normalized spacial score (nSPS) is 12.9. The van der Waals surface area contributed by atoms with Crippen molar-refractivity contribution in [3.63, 3.8) is 0 Å². The maximum Gasteiger partial charge on any atom is 0.226 e. The van der Waals surface area contributed by atoms with Crippen molar-refractivity contribution in [2.24, 2.45) is 0 Å². The van der Waals surface area contributed by atoms with Crippen molar-refractivity contribution >= 4 is 17.2 Å². The molecule has 2 rings (SSSR count). The van der Waals surface area contributed by atoms with Gasteiger partial charge < -0.3 is 10.4 Å². The van der Waals surface area contributed by atoms with Crippen molar-refractivity contribution in [1.29, 1.82) is 0 Å². The number of carbonyl (C=O) groups is 1. The minimum atomic E-state index is -0.553. The van der Waals surface area contributed by atoms with Crippen LogP contribution in [0.1, 0.15) is 49.6 Å². The highest BCUT2D eigenvalue weighted by Crippen LogP contribution is 2.25. The number of hydrogen-bond acceptors (Lipinski definition) is 4. The number of hydrogen-bond donors (Lipinski definition) is 2. The van der Waals surface area contributed by atoms with Gasteiger partial charge in [-0.15, -0.1) is 11.3 Å². The van der Waals surface area contributed by atoms with E-state index in [9.17, 15) is 9.90 Å². The first kappa shape index (κ1) is 17.6. The number of nitrogens with zero attached hydrogens (tertiary/aromatic N) is 1. The highest BCUT2D eigenvalue weighted by Gasteiger charge is 2.18. The van der Waals surface area contributed by atoms with Crippen molar-refractivity contribution in [2.45, 2.75) is 45.1 Å². The molecule has 1 atom stereocenters. The number of nitrogens with one attached hydrogen (secondary N) is 1. The molecule has 23 heavy (non-hydrogen) atoms. The zero-order valence-corrected chi connectivity index (χ0v) is 14.7. The van der Waals surface area contributed by atoms with Gasteiger partial charge in [0.2, 0.25) is 5.91 Å². The zero-order valence-electron chi connectivity index (χ0n) is 13.9. The van der Waals surface area contributed by atoms with Crippen molar-refractivity contribution in [1.82, 2.24) is 10.3 Å². The molecule has 1 aromatic carbocycles. The highest BCUT2D eigenvalue weighted by atomic mass is 32.1. The molecule has 0 aliphatic carbocycles. The fourth-order valence-corrected chi connectivity index (χ4v) is 3.06. The summed E-state index contributed by atoms with van der Waals surface area (Å²) in [5.41, 5.74) is 1.69. The summed E-state index contributed by atoms with van der Waals surface area (Å²) >= 11 is 1.59. The van der Waals surface area contributed by atoms with Crippen LogP contribution in [-0.4, -0.2) is 22.5 Å². The van der Waals surface area contributed by atoms with E-state index in [4.69, 9.17) is 0 Å². The first-order valence-electron chi connectivity index (χ1n) is 7.81. The Morgan fingerprint density at radius 1 is 1.30 bits per heavy atom. The summed E-state index contributed by atoms with van der Waals surface area (Å²) in [6, 6.07) is 9.47. The van der Waals surface area contributed by atoms with Crippen LogP contribution in [0.25, 0.3) is 0 Å². The highest BCUT2D eigenvalue weighted by molar-refractivity contribution is 7.09. The minimum Gasteiger partial charge on any atom is -0.388 e. The monoisotopic (exact) mass is 332 g/mol. The van der Waals surface area contributed by atoms with E-state index in [1.165, 1.54) is 0 Å². The van der Waals surface area contributed by atoms with Crippen molar-refractivity contribution in [3.8, 4) is 0 Å². The maximum absolute atomic E-state index is 12.0. The predicted molar refractivity (Wildman–Crippen MR) is 93.5 cm³/mol. The molecule has 0 saturated heterocycles. The molecule has 124 valence electrons. The second kappa shape index (κ2) is 7.70. The Morgan fingerprint density at radius 2 is 2.00 bits per heavy atom. The van der Waals surface area contributed by atoms with Gasteiger partial charge in [0.25, 0.3) is 0 Å². The first-order valence-corrected chi connectivity index (χ1v) is 8.69. The third-order valence-electron chi connectivity index (χ3n) is 3.46. The van der Waals surface area contributed by atoms with E-state index in [1.807, 2.05) is 35.7 Å². The zero-order chi connectivity index (χ0) is 16.9. The van der Waals surface area contributed by atoms with Gasteiger partial charge in [0.05, 0.1) is 23.2 Å². The lowest BCUT2D eigenvalue weighted by Gasteiger charge is -2.13. The topological polar surface area (TPSA) is 62.2 Å². The van der Waals surface area contributed by atoms with Crippen LogP contribution in [0.3, 0.4) is 0 Å². The molecule has 1 amide bonds. The summed E-state index contributed by atoms with van der Waals surface area (Å²) in [5, 5.41) is 15.9. The van der Waals surface area contributed by atoms with E-state index in [-0.39, 0.29) is 17.7 Å². The number of aliphatic hydroxyl groups excluding tert-OH is 1. The first-order chi connectivity index (χ1) is 10.9. The molecule has 1 heterocycles. The van der Waals surface area contributed by atoms with E-state index in [1.54, 1.807) is 11.3 Å². The Balaban J connectivity index is 1.76. The Labute approximate surface area is 141 Å². The lowest BCUT2D eigenvalue weighted by molar-refractivity contribution is -0.120. The SMILES string of the molecule is CC(C)(C)c1nc(CC(=O)NCCC(O)c2ccccc2)cs1. The van der Waals surface area contributed by atoms with Crippen molar-refractivity contribution < 1.29 is 9.90 Å². The summed E-state index contributed by atoms with van der Waals surface area (Å²) in [5.74, 6) is -0.0592. The van der Waals surface area contributed by atoms with Gasteiger partial charge >= 0.3 is 0 Å². The summed E-state index contributed by atoms with van der Waals surface area (Å²) in [6.45, 7) is 6.78. The smallest absolute Gasteiger partial charge is 0.226 e. The van der Waals surface area contributed by atoms with Crippen LogP contribution >= 0.6 is 11.3 Å². The van der Waals surface area contributed by atoms with Gasteiger partial charge in [0.1, 0.15) is 0 Å². The average Bonchev–Trinajstić information content (AvgIpc) is 2.96. The van der Waals surface area contributed by atoms with E-state index >= 15 is 0 Å². The number of aliphatic hydroxyl groups is 1. The van der Waals surface area contributed by atoms with Crippen LogP contribution in [0.5, 0.6) is 0 Å². The van der Waals surface area contributed by atoms with E-state index < -0.39 is 6.10 Å². The van der Waals surface area contributed by atoms with E-state index in [0.717, 1.165) is 16.3 Å². The van der Waals surface area contributed by atoms with Crippen LogP contribution in [0.4, 0.5) is 0 Å². The molecule has 1 unspecified atom stereocenters. The number of carbonyl (C=O) groups excluding carboxylic acids is 1. The quantitative estimate of drug-likeness (QED) is 0.854. The maximum atomic E-state index is 12.0. The summed E-state index contributed by atoms with van der Waals surface area (Å²) < 4.78 is 0. The van der Waals surface area contributed by atoms with Crippen LogP contribution in [0.2, 0.25) is 0 Å². The second-order valence-electron chi connectivity index (χ2n) is 6.64. The number of aromatic nitrogens is 1. The van der Waals surface area contributed by atoms with E-state index in [0.29, 0.717) is 13.0 Å². The molecule has 0 radical (unpaired) electrons. The molecule has 0 aliphatic heterocycles. The number of benzene rings is 1. The van der Waals surface area contributed by atoms with Gasteiger partial charge in [-0.1, -0.05) is 51.1 Å². The molecule has 2 N–H and O–H groups in total. The average molecular weight is 332 g/mol. The lowest BCUT2D eigenvalue weighted by Crippen LogP contribution is -2.27. The third-order valence-corrected chi connectivity index (χ3v) is 4.78. The fourth-order valence-electron chi connectivity index (χ4n) is 2.15. The molecule has 5 heteroatoms. The Kier molecular flexibility index (Phi) is 5.91. The second-order valence-corrected chi connectivity index (χ2v) is 7.49. The van der Waals surface area contributed by atoms with Gasteiger partial charge in [-0.05, 0) is 12.0 Å². The molecule has 1 aromatic heterocycles. The Bertz CT molecular complexity index is 632. The molecular weight excluding hydrogens is 308 g/mol. The molecule has 0 bridgehead atoms. The van der Waals surface area contributed by atoms with E-state index in [2.05, 4.69) is 31.1 Å². The van der Waals surface area contributed by atoms with Gasteiger partial charge in [-0.25, -0.2) is 4.98 Å². The molecule has 4 nitrogen and oxygen atoms in total. The molecule has 0 fully saturated rings. The summed E-state index contributed by atoms with van der Waals surface area (Å²) in [6.07, 6.45) is 0.233. The third kappa shape index (κ3) is 5.44. The number of amides is 1. The minimum absolute atomic E-state index is 0.0131. The molecular formula is C18H24N2O2S. The summed E-state index contributed by atoms with van der Waals surface area (Å²) in [7, 11) is 0. The van der Waals surface area contributed by atoms with Crippen molar-refractivity contribution in [3.05, 3.63) is 52.0 Å². The number of thiazole rings is 1. The van der Waals surface area contributed by atoms with Crippen LogP contribution in [0.15, 0.2) is 35.7 Å². The Hall–Kier alpha value is -1.72. The molecule has 2 aromatic rings. The van der Waals surface area contributed by atoms with Crippen LogP contribution in [0, 0.1) is 0 Å². The largest absolute Gasteiger partial charge is 0.388 e. The summed E-state index contributed by atoms with van der Waals surface area (Å²) in [4.78, 5) is 16.5. The van der Waals surface area contributed by atoms with Gasteiger partial charge in [-0.3, -0.25) is 4.79 Å². The molecule has 0 aliphatic rings. The number of rotatable bonds is 6. The van der Waals surface area contributed by atoms with Gasteiger partial charge in [0.15, 0.2) is 0 Å². The fraction of sp³-hybridized carbons (Fsp3) is 0.444. The lowest BCUT2D eigenvalue weighted by atomic mass is 9.98. The van der Waals surface area contributed by atoms with Gasteiger partial charge in [0, 0.05) is 17.3 Å². The van der Waals surface area contributed by atoms with Gasteiger partial charge in [-0.2, -0.15) is 0 Å². The van der Waals surface area contributed by atoms with Crippen LogP contribution < -0.4 is 5.32 Å². The predicted octanol–water partition coefficient (Wildman–Crippen LogP) is 3.22. The Morgan fingerprint density at radius 3 is 2.61 bits per heavy atom. The molecule has 0 saturated carbocycles. The van der Waals surface area contributed by atoms with Crippen LogP contribution in [-0.2, 0) is 16.6 Å². The standard InChI is InChI=1S/C18H24N2O2S/c1-18(2,3)17-20-14(12-23-17)11-16(22)19-10-9-15(21)13-7-5-4-6-8-13/h4-8,12,15,21H,9-11H2,1-3H3,(H,19,22). The van der Waals surface area contributed by atoms with Crippen molar-refractivity contribution in [2.75, 3.05) is 6.54 Å². The molecule has 0 spiro atoms.